The van der Waals surface area contributed by atoms with E-state index in [1.54, 1.807) is 25.3 Å². The number of carbonyl (C=O) groups excluding carboxylic acids is 3. The van der Waals surface area contributed by atoms with Crippen LogP contribution in [0.25, 0.3) is 11.1 Å². The summed E-state index contributed by atoms with van der Waals surface area (Å²) < 4.78 is 1.98. The highest BCUT2D eigenvalue weighted by atomic mass is 35.5. The van der Waals surface area contributed by atoms with Crippen LogP contribution in [0.4, 0.5) is 5.82 Å². The first-order chi connectivity index (χ1) is 16.5. The zero-order chi connectivity index (χ0) is 25.1. The molecule has 0 radical (unpaired) electrons. The van der Waals surface area contributed by atoms with Crippen molar-refractivity contribution < 1.29 is 14.4 Å². The normalized spacial score (nSPS) is 26.3. The molecule has 0 saturated heterocycles. The van der Waals surface area contributed by atoms with Gasteiger partial charge in [0.15, 0.2) is 0 Å². The van der Waals surface area contributed by atoms with E-state index in [4.69, 9.17) is 17.3 Å². The van der Waals surface area contributed by atoms with Crippen LogP contribution in [0.15, 0.2) is 18.3 Å². The summed E-state index contributed by atoms with van der Waals surface area (Å²) in [5.41, 5.74) is 8.73. The molecule has 4 N–H and O–H groups in total. The fourth-order valence-electron chi connectivity index (χ4n) is 6.51. The molecule has 186 valence electrons. The lowest BCUT2D eigenvalue weighted by Crippen LogP contribution is -2.31. The van der Waals surface area contributed by atoms with E-state index in [0.717, 1.165) is 48.9 Å². The molecular weight excluding hydrogens is 466 g/mol. The Bertz CT molecular complexity index is 1210. The van der Waals surface area contributed by atoms with Gasteiger partial charge in [0, 0.05) is 48.4 Å². The molecule has 2 aromatic heterocycles. The first-order valence-electron chi connectivity index (χ1n) is 12.3. The van der Waals surface area contributed by atoms with Crippen molar-refractivity contribution in [3.05, 3.63) is 34.7 Å². The van der Waals surface area contributed by atoms with Crippen LogP contribution in [0, 0.1) is 23.2 Å². The lowest BCUT2D eigenvalue weighted by Gasteiger charge is -2.16. The predicted molar refractivity (Wildman–Crippen MR) is 134 cm³/mol. The predicted octanol–water partition coefficient (Wildman–Crippen LogP) is 3.76. The molecule has 2 saturated carbocycles. The SMILES string of the molecule is CC(=O)N[C@H]1C[C@@H]2C[C@@H](C(=O)Nc3cc(-c4cc(C(N)=O)n5c4CC(C)(C)C5)c(Cl)cn3)C[C@@H]2C1. The Hall–Kier alpha value is -2.87. The summed E-state index contributed by atoms with van der Waals surface area (Å²) in [5.74, 6) is 0.824. The molecule has 0 aromatic carbocycles. The van der Waals surface area contributed by atoms with Crippen LogP contribution in [0.2, 0.25) is 5.02 Å². The second kappa shape index (κ2) is 8.66. The largest absolute Gasteiger partial charge is 0.364 e. The Balaban J connectivity index is 1.33. The van der Waals surface area contributed by atoms with Crippen LogP contribution >= 0.6 is 11.6 Å². The zero-order valence-electron chi connectivity index (χ0n) is 20.4. The van der Waals surface area contributed by atoms with Gasteiger partial charge in [-0.3, -0.25) is 14.4 Å². The fourth-order valence-corrected chi connectivity index (χ4v) is 6.72. The quantitative estimate of drug-likeness (QED) is 0.582. The number of hydrogen-bond donors (Lipinski definition) is 3. The minimum atomic E-state index is -0.471. The Kier molecular flexibility index (Phi) is 5.90. The standard InChI is InChI=1S/C26H32ClN5O3/c1-13(33)30-17-6-14-4-16(5-15(14)7-17)25(35)31-23-9-18(20(27)11-29-23)19-8-21(24(28)34)32-12-26(2,3)10-22(19)32/h8-9,11,14-17H,4-7,10,12H2,1-3H3,(H2,28,34)(H,30,33)(H,29,31,35)/t14-,15+,16+,17-. The molecule has 0 unspecified atom stereocenters. The second-order valence-corrected chi connectivity index (χ2v) is 11.7. The van der Waals surface area contributed by atoms with Crippen molar-refractivity contribution in [3.63, 3.8) is 0 Å². The fraction of sp³-hybridized carbons (Fsp3) is 0.538. The number of halogens is 1. The van der Waals surface area contributed by atoms with Gasteiger partial charge in [-0.05, 0) is 61.5 Å². The Labute approximate surface area is 210 Å². The summed E-state index contributed by atoms with van der Waals surface area (Å²) in [6.45, 7) is 6.57. The van der Waals surface area contributed by atoms with Crippen LogP contribution in [-0.2, 0) is 22.6 Å². The minimum Gasteiger partial charge on any atom is -0.364 e. The summed E-state index contributed by atoms with van der Waals surface area (Å²) in [4.78, 5) is 40.9. The van der Waals surface area contributed by atoms with Crippen LogP contribution in [0.3, 0.4) is 0 Å². The molecule has 0 spiro atoms. The van der Waals surface area contributed by atoms with Crippen molar-refractivity contribution in [2.45, 2.75) is 65.5 Å². The molecule has 0 bridgehead atoms. The molecule has 35 heavy (non-hydrogen) atoms. The number of nitrogens with two attached hydrogens (primary N) is 1. The van der Waals surface area contributed by atoms with Gasteiger partial charge in [-0.1, -0.05) is 25.4 Å². The monoisotopic (exact) mass is 497 g/mol. The second-order valence-electron chi connectivity index (χ2n) is 11.3. The molecule has 4 atom stereocenters. The van der Waals surface area contributed by atoms with E-state index in [1.807, 2.05) is 4.57 Å². The van der Waals surface area contributed by atoms with Gasteiger partial charge in [-0.2, -0.15) is 0 Å². The van der Waals surface area contributed by atoms with Gasteiger partial charge in [0.1, 0.15) is 11.5 Å². The number of fused-ring (bicyclic) bond motifs is 2. The first-order valence-corrected chi connectivity index (χ1v) is 12.6. The summed E-state index contributed by atoms with van der Waals surface area (Å²) in [6, 6.07) is 3.81. The van der Waals surface area contributed by atoms with Gasteiger partial charge in [0.2, 0.25) is 11.8 Å². The Morgan fingerprint density at radius 2 is 1.80 bits per heavy atom. The van der Waals surface area contributed by atoms with Crippen molar-refractivity contribution in [1.82, 2.24) is 14.9 Å². The number of rotatable bonds is 5. The number of pyridine rings is 1. The lowest BCUT2D eigenvalue weighted by atomic mass is 9.89. The minimum absolute atomic E-state index is 0.00554. The topological polar surface area (TPSA) is 119 Å². The molecule has 2 fully saturated rings. The highest BCUT2D eigenvalue weighted by molar-refractivity contribution is 6.33. The van der Waals surface area contributed by atoms with Gasteiger partial charge in [0.05, 0.1) is 5.02 Å². The average molecular weight is 498 g/mol. The highest BCUT2D eigenvalue weighted by Crippen LogP contribution is 2.47. The maximum atomic E-state index is 13.1. The maximum absolute atomic E-state index is 13.1. The first kappa shape index (κ1) is 23.9. The molecule has 5 rings (SSSR count). The van der Waals surface area contributed by atoms with E-state index in [2.05, 4.69) is 29.5 Å². The van der Waals surface area contributed by atoms with E-state index in [0.29, 0.717) is 34.9 Å². The van der Waals surface area contributed by atoms with Crippen LogP contribution in [0.1, 0.15) is 62.6 Å². The number of primary amides is 1. The molecule has 2 aliphatic carbocycles. The van der Waals surface area contributed by atoms with Gasteiger partial charge in [-0.25, -0.2) is 4.98 Å². The lowest BCUT2D eigenvalue weighted by molar-refractivity contribution is -0.121. The number of anilines is 1. The summed E-state index contributed by atoms with van der Waals surface area (Å²) in [7, 11) is 0. The molecule has 1 aliphatic heterocycles. The van der Waals surface area contributed by atoms with E-state index >= 15 is 0 Å². The van der Waals surface area contributed by atoms with Crippen molar-refractivity contribution in [3.8, 4) is 11.1 Å². The van der Waals surface area contributed by atoms with Crippen LogP contribution in [-0.4, -0.2) is 33.3 Å². The van der Waals surface area contributed by atoms with E-state index in [-0.39, 0.29) is 29.2 Å². The van der Waals surface area contributed by atoms with E-state index in [9.17, 15) is 14.4 Å². The third kappa shape index (κ3) is 4.56. The van der Waals surface area contributed by atoms with Crippen molar-refractivity contribution >= 4 is 35.1 Å². The average Bonchev–Trinajstić information content (AvgIpc) is 3.46. The van der Waals surface area contributed by atoms with Gasteiger partial charge in [0.25, 0.3) is 5.91 Å². The number of hydrogen-bond acceptors (Lipinski definition) is 4. The molecule has 8 nitrogen and oxygen atoms in total. The smallest absolute Gasteiger partial charge is 0.265 e. The molecule has 3 heterocycles. The number of carbonyl (C=O) groups is 3. The number of amides is 3. The molecule has 3 aliphatic rings. The third-order valence-electron chi connectivity index (χ3n) is 7.88. The zero-order valence-corrected chi connectivity index (χ0v) is 21.1. The molecule has 2 aromatic rings. The molecule has 9 heteroatoms. The molecule has 3 amide bonds. The van der Waals surface area contributed by atoms with E-state index < -0.39 is 5.91 Å². The van der Waals surface area contributed by atoms with Crippen LogP contribution in [0.5, 0.6) is 0 Å². The maximum Gasteiger partial charge on any atom is 0.265 e. The van der Waals surface area contributed by atoms with Gasteiger partial charge in [-0.15, -0.1) is 0 Å². The summed E-state index contributed by atoms with van der Waals surface area (Å²) in [5, 5.41) is 6.47. The number of aromatic nitrogens is 2. The summed E-state index contributed by atoms with van der Waals surface area (Å²) >= 11 is 6.54. The number of nitrogens with zero attached hydrogens (tertiary/aromatic N) is 2. The Morgan fingerprint density at radius 3 is 2.43 bits per heavy atom. The van der Waals surface area contributed by atoms with E-state index in [1.165, 1.54) is 0 Å². The third-order valence-corrected chi connectivity index (χ3v) is 8.19. The number of nitrogens with one attached hydrogen (secondary N) is 2. The summed E-state index contributed by atoms with van der Waals surface area (Å²) in [6.07, 6.45) is 5.88. The van der Waals surface area contributed by atoms with Crippen molar-refractivity contribution in [1.29, 1.82) is 0 Å². The molecular formula is C26H32ClN5O3. The Morgan fingerprint density at radius 1 is 1.11 bits per heavy atom. The van der Waals surface area contributed by atoms with Crippen LogP contribution < -0.4 is 16.4 Å². The highest BCUT2D eigenvalue weighted by Gasteiger charge is 2.44. The van der Waals surface area contributed by atoms with Crippen molar-refractivity contribution in [2.75, 3.05) is 5.32 Å². The van der Waals surface area contributed by atoms with Gasteiger partial charge < -0.3 is 20.9 Å². The van der Waals surface area contributed by atoms with Crippen molar-refractivity contribution in [2.24, 2.45) is 28.9 Å². The van der Waals surface area contributed by atoms with Gasteiger partial charge >= 0.3 is 0 Å².